The number of rotatable bonds is 3. The van der Waals surface area contributed by atoms with Crippen LogP contribution in [0.5, 0.6) is 0 Å². The third-order valence-electron chi connectivity index (χ3n) is 5.38. The Kier molecular flexibility index (Phi) is 4.77. The molecule has 0 aromatic carbocycles. The quantitative estimate of drug-likeness (QED) is 0.732. The Hall–Kier alpha value is -1.12. The van der Waals surface area contributed by atoms with Crippen LogP contribution >= 0.6 is 0 Å². The van der Waals surface area contributed by atoms with Gasteiger partial charge in [0.2, 0.25) is 11.8 Å². The maximum Gasteiger partial charge on any atom is 0.219 e. The lowest BCUT2D eigenvalue weighted by Gasteiger charge is -2.26. The summed E-state index contributed by atoms with van der Waals surface area (Å²) in [5.41, 5.74) is 0. The summed E-state index contributed by atoms with van der Waals surface area (Å²) in [5, 5.41) is 8.14. The highest BCUT2D eigenvalue weighted by Crippen LogP contribution is 2.36. The molecule has 1 aromatic rings. The number of aromatic nitrogens is 2. The average molecular weight is 288 g/mol. The van der Waals surface area contributed by atoms with Crippen LogP contribution in [0, 0.1) is 24.7 Å². The standard InChI is InChI=1S/C18H28N2O/c1-13-3-5-15(6-4-13)7-8-16-9-11-17(12-10-16)18-20-19-14(2)21-18/h7-8,13,15-17H,3-6,9-12H2,1-2H3. The predicted octanol–water partition coefficient (Wildman–Crippen LogP) is 5.03. The van der Waals surface area contributed by atoms with Crippen LogP contribution in [0.15, 0.2) is 16.6 Å². The molecule has 3 nitrogen and oxygen atoms in total. The van der Waals surface area contributed by atoms with E-state index in [1.165, 1.54) is 51.4 Å². The number of hydrogen-bond donors (Lipinski definition) is 0. The van der Waals surface area contributed by atoms with Crippen molar-refractivity contribution in [1.82, 2.24) is 10.2 Å². The van der Waals surface area contributed by atoms with E-state index >= 15 is 0 Å². The highest BCUT2D eigenvalue weighted by atomic mass is 16.4. The van der Waals surface area contributed by atoms with Gasteiger partial charge in [-0.3, -0.25) is 0 Å². The minimum Gasteiger partial charge on any atom is -0.425 e. The van der Waals surface area contributed by atoms with E-state index in [9.17, 15) is 0 Å². The third-order valence-corrected chi connectivity index (χ3v) is 5.38. The van der Waals surface area contributed by atoms with Crippen LogP contribution in [-0.2, 0) is 0 Å². The predicted molar refractivity (Wildman–Crippen MR) is 84.0 cm³/mol. The van der Waals surface area contributed by atoms with Gasteiger partial charge >= 0.3 is 0 Å². The van der Waals surface area contributed by atoms with Gasteiger partial charge < -0.3 is 4.42 Å². The molecular formula is C18H28N2O. The van der Waals surface area contributed by atoms with Crippen molar-refractivity contribution in [3.05, 3.63) is 23.9 Å². The van der Waals surface area contributed by atoms with Gasteiger partial charge in [0.1, 0.15) is 0 Å². The van der Waals surface area contributed by atoms with Crippen LogP contribution in [0.3, 0.4) is 0 Å². The Morgan fingerprint density at radius 1 is 0.857 bits per heavy atom. The average Bonchev–Trinajstić information content (AvgIpc) is 2.94. The number of hydrogen-bond acceptors (Lipinski definition) is 3. The molecular weight excluding hydrogens is 260 g/mol. The minimum absolute atomic E-state index is 0.492. The molecule has 2 fully saturated rings. The topological polar surface area (TPSA) is 38.9 Å². The Bertz CT molecular complexity index is 463. The fourth-order valence-corrected chi connectivity index (χ4v) is 3.83. The van der Waals surface area contributed by atoms with Crippen molar-refractivity contribution in [3.8, 4) is 0 Å². The van der Waals surface area contributed by atoms with E-state index in [4.69, 9.17) is 4.42 Å². The van der Waals surface area contributed by atoms with Gasteiger partial charge in [-0.1, -0.05) is 31.9 Å². The van der Waals surface area contributed by atoms with E-state index in [0.717, 1.165) is 23.6 Å². The summed E-state index contributed by atoms with van der Waals surface area (Å²) in [6.07, 6.45) is 15.6. The maximum atomic E-state index is 5.58. The van der Waals surface area contributed by atoms with Gasteiger partial charge in [0.25, 0.3) is 0 Å². The highest BCUT2D eigenvalue weighted by molar-refractivity contribution is 5.00. The molecule has 0 spiro atoms. The molecule has 0 bridgehead atoms. The molecule has 1 aromatic heterocycles. The highest BCUT2D eigenvalue weighted by Gasteiger charge is 2.25. The normalized spacial score (nSPS) is 34.4. The lowest BCUT2D eigenvalue weighted by Crippen LogP contribution is -2.13. The molecule has 0 unspecified atom stereocenters. The molecule has 2 aliphatic carbocycles. The van der Waals surface area contributed by atoms with Crippen LogP contribution < -0.4 is 0 Å². The minimum atomic E-state index is 0.492. The van der Waals surface area contributed by atoms with E-state index < -0.39 is 0 Å². The van der Waals surface area contributed by atoms with Gasteiger partial charge in [0.15, 0.2) is 0 Å². The van der Waals surface area contributed by atoms with Crippen molar-refractivity contribution < 1.29 is 4.42 Å². The molecule has 116 valence electrons. The molecule has 1 heterocycles. The lowest BCUT2D eigenvalue weighted by atomic mass is 9.79. The van der Waals surface area contributed by atoms with E-state index in [0.29, 0.717) is 11.8 Å². The second-order valence-corrected chi connectivity index (χ2v) is 7.18. The third kappa shape index (κ3) is 3.96. The summed E-state index contributed by atoms with van der Waals surface area (Å²) < 4.78 is 5.58. The van der Waals surface area contributed by atoms with E-state index in [-0.39, 0.29) is 0 Å². The Morgan fingerprint density at radius 3 is 1.95 bits per heavy atom. The summed E-state index contributed by atoms with van der Waals surface area (Å²) in [4.78, 5) is 0. The van der Waals surface area contributed by atoms with Crippen molar-refractivity contribution in [1.29, 1.82) is 0 Å². The SMILES string of the molecule is Cc1nnc(C2CCC(C=CC3CCC(C)CC3)CC2)o1. The number of nitrogens with zero attached hydrogens (tertiary/aromatic N) is 2. The molecule has 0 N–H and O–H groups in total. The molecule has 21 heavy (non-hydrogen) atoms. The van der Waals surface area contributed by atoms with Crippen molar-refractivity contribution in [2.45, 2.75) is 71.1 Å². The summed E-state index contributed by atoms with van der Waals surface area (Å²) in [6, 6.07) is 0. The fraction of sp³-hybridized carbons (Fsp3) is 0.778. The molecule has 0 amide bonds. The molecule has 0 saturated heterocycles. The monoisotopic (exact) mass is 288 g/mol. The Labute approximate surface area is 128 Å². The number of allylic oxidation sites excluding steroid dienone is 2. The zero-order valence-corrected chi connectivity index (χ0v) is 13.4. The summed E-state index contributed by atoms with van der Waals surface area (Å²) in [7, 11) is 0. The molecule has 0 aliphatic heterocycles. The van der Waals surface area contributed by atoms with Gasteiger partial charge in [-0.25, -0.2) is 0 Å². The van der Waals surface area contributed by atoms with Crippen LogP contribution in [-0.4, -0.2) is 10.2 Å². The molecule has 3 rings (SSSR count). The van der Waals surface area contributed by atoms with E-state index in [1.807, 2.05) is 6.92 Å². The lowest BCUT2D eigenvalue weighted by molar-refractivity contribution is 0.314. The summed E-state index contributed by atoms with van der Waals surface area (Å²) in [6.45, 7) is 4.26. The molecule has 2 saturated carbocycles. The first kappa shape index (κ1) is 14.8. The van der Waals surface area contributed by atoms with Crippen molar-refractivity contribution >= 4 is 0 Å². The Balaban J connectivity index is 1.45. The smallest absolute Gasteiger partial charge is 0.219 e. The van der Waals surface area contributed by atoms with Crippen LogP contribution in [0.1, 0.15) is 76.0 Å². The van der Waals surface area contributed by atoms with Gasteiger partial charge in [-0.15, -0.1) is 10.2 Å². The van der Waals surface area contributed by atoms with E-state index in [1.54, 1.807) is 0 Å². The van der Waals surface area contributed by atoms with Crippen LogP contribution in [0.25, 0.3) is 0 Å². The second-order valence-electron chi connectivity index (χ2n) is 7.18. The first-order chi connectivity index (χ1) is 10.2. The van der Waals surface area contributed by atoms with Crippen molar-refractivity contribution in [2.24, 2.45) is 17.8 Å². The fourth-order valence-electron chi connectivity index (χ4n) is 3.83. The van der Waals surface area contributed by atoms with Crippen LogP contribution in [0.2, 0.25) is 0 Å². The zero-order valence-electron chi connectivity index (χ0n) is 13.4. The molecule has 2 aliphatic rings. The van der Waals surface area contributed by atoms with Gasteiger partial charge in [0, 0.05) is 12.8 Å². The first-order valence-corrected chi connectivity index (χ1v) is 8.69. The summed E-state index contributed by atoms with van der Waals surface area (Å²) >= 11 is 0. The van der Waals surface area contributed by atoms with Gasteiger partial charge in [-0.05, 0) is 56.3 Å². The molecule has 3 heteroatoms. The van der Waals surface area contributed by atoms with Crippen molar-refractivity contribution in [2.75, 3.05) is 0 Å². The zero-order chi connectivity index (χ0) is 14.7. The van der Waals surface area contributed by atoms with Crippen LogP contribution in [0.4, 0.5) is 0 Å². The Morgan fingerprint density at radius 2 is 1.43 bits per heavy atom. The second kappa shape index (κ2) is 6.76. The van der Waals surface area contributed by atoms with E-state index in [2.05, 4.69) is 29.3 Å². The van der Waals surface area contributed by atoms with Crippen molar-refractivity contribution in [3.63, 3.8) is 0 Å². The first-order valence-electron chi connectivity index (χ1n) is 8.69. The molecule has 0 atom stereocenters. The van der Waals surface area contributed by atoms with Gasteiger partial charge in [-0.2, -0.15) is 0 Å². The summed E-state index contributed by atoms with van der Waals surface area (Å²) in [5.74, 6) is 4.60. The molecule has 0 radical (unpaired) electrons. The number of aryl methyl sites for hydroxylation is 1. The largest absolute Gasteiger partial charge is 0.425 e. The van der Waals surface area contributed by atoms with Gasteiger partial charge in [0.05, 0.1) is 0 Å². The maximum absolute atomic E-state index is 5.58.